The number of carboxylic acids is 2. The third-order valence-corrected chi connectivity index (χ3v) is 4.20. The predicted molar refractivity (Wildman–Crippen MR) is 99.4 cm³/mol. The fourth-order valence-corrected chi connectivity index (χ4v) is 3.03. The Labute approximate surface area is 156 Å². The number of para-hydroxylation sites is 1. The maximum Gasteiger partial charge on any atom is 0.351 e. The number of benzene rings is 2. The first-order chi connectivity index (χ1) is 12.3. The van der Waals surface area contributed by atoms with Crippen LogP contribution in [0.5, 0.6) is 0 Å². The van der Waals surface area contributed by atoms with Crippen LogP contribution in [0.3, 0.4) is 0 Å². The predicted octanol–water partition coefficient (Wildman–Crippen LogP) is 0.803. The van der Waals surface area contributed by atoms with E-state index in [-0.39, 0.29) is 0 Å². The van der Waals surface area contributed by atoms with Crippen molar-refractivity contribution in [1.29, 1.82) is 0 Å². The number of nitrogens with zero attached hydrogens (tertiary/aromatic N) is 1. The minimum atomic E-state index is -2.07. The van der Waals surface area contributed by atoms with Crippen LogP contribution in [0, 0.1) is 0 Å². The van der Waals surface area contributed by atoms with Gasteiger partial charge in [0.15, 0.2) is 5.97 Å². The number of rotatable bonds is 4. The fraction of sp³-hybridized carbons (Fsp3) is 0.263. The van der Waals surface area contributed by atoms with Crippen LogP contribution in [0.4, 0.5) is 0 Å². The Hall–Kier alpha value is -2.57. The van der Waals surface area contributed by atoms with Crippen LogP contribution in [0.1, 0.15) is 6.42 Å². The third kappa shape index (κ3) is 4.74. The van der Waals surface area contributed by atoms with E-state index in [2.05, 4.69) is 55.1 Å². The van der Waals surface area contributed by atoms with Crippen LogP contribution >= 0.6 is 11.6 Å². The van der Waals surface area contributed by atoms with Gasteiger partial charge in [0.2, 0.25) is 0 Å². The minimum absolute atomic E-state index is 0.804. The molecule has 6 nitrogen and oxygen atoms in total. The molecule has 26 heavy (non-hydrogen) atoms. The molecule has 0 fully saturated rings. The lowest BCUT2D eigenvalue weighted by Gasteiger charge is -2.10. The Kier molecular flexibility index (Phi) is 6.60. The van der Waals surface area contributed by atoms with Crippen molar-refractivity contribution in [2.45, 2.75) is 13.0 Å². The number of carbonyl (C=O) groups excluding carboxylic acids is 1. The zero-order valence-electron chi connectivity index (χ0n) is 14.7. The zero-order chi connectivity index (χ0) is 19.3. The van der Waals surface area contributed by atoms with Gasteiger partial charge in [0.25, 0.3) is 0 Å². The molecule has 0 unspecified atom stereocenters. The minimum Gasteiger partial charge on any atom is -0.539 e. The van der Waals surface area contributed by atoms with Crippen LogP contribution in [0.15, 0.2) is 42.5 Å². The quantitative estimate of drug-likeness (QED) is 0.659. The molecule has 1 aromatic heterocycles. The van der Waals surface area contributed by atoms with Gasteiger partial charge in [-0.05, 0) is 24.3 Å². The number of aryl methyl sites for hydroxylation is 1. The summed E-state index contributed by atoms with van der Waals surface area (Å²) in [6.45, 7) is 2.23. The zero-order valence-corrected chi connectivity index (χ0v) is 15.4. The standard InChI is InChI=1S/C17H19ClN2.C2H2O4/c1-19(2)10-5-11-20-16-7-4-3-6-14(16)15-12-13(18)8-9-17(15)20;3-1(4)2(5)6/h3-4,6-9,12H,5,10-11H2,1-2H3;(H,3,4)(H,5,6). The summed E-state index contributed by atoms with van der Waals surface area (Å²) in [4.78, 5) is 19.5. The largest absolute Gasteiger partial charge is 0.539 e. The fourth-order valence-electron chi connectivity index (χ4n) is 2.86. The summed E-state index contributed by atoms with van der Waals surface area (Å²) in [5, 5.41) is 19.7. The van der Waals surface area contributed by atoms with Crippen molar-refractivity contribution < 1.29 is 24.7 Å². The van der Waals surface area contributed by atoms with Crippen molar-refractivity contribution in [3.63, 3.8) is 0 Å². The molecule has 0 spiro atoms. The number of aliphatic carboxylic acids is 2. The lowest BCUT2D eigenvalue weighted by atomic mass is 10.2. The van der Waals surface area contributed by atoms with Gasteiger partial charge in [-0.2, -0.15) is 0 Å². The summed E-state index contributed by atoms with van der Waals surface area (Å²) in [7, 11) is 4.40. The van der Waals surface area contributed by atoms with Gasteiger partial charge in [-0.1, -0.05) is 29.8 Å². The monoisotopic (exact) mass is 376 g/mol. The highest BCUT2D eigenvalue weighted by molar-refractivity contribution is 6.31. The van der Waals surface area contributed by atoms with Gasteiger partial charge < -0.3 is 24.5 Å². The molecule has 0 bridgehead atoms. The summed E-state index contributed by atoms with van der Waals surface area (Å²) in [5.74, 6) is -4.01. The van der Waals surface area contributed by atoms with Crippen molar-refractivity contribution in [3.8, 4) is 0 Å². The number of quaternary nitrogens is 1. The summed E-state index contributed by atoms with van der Waals surface area (Å²) < 4.78 is 2.42. The van der Waals surface area contributed by atoms with Gasteiger partial charge in [-0.3, -0.25) is 0 Å². The molecule has 1 heterocycles. The molecular weight excluding hydrogens is 356 g/mol. The molecule has 0 amide bonds. The van der Waals surface area contributed by atoms with Crippen molar-refractivity contribution in [1.82, 2.24) is 4.57 Å². The second-order valence-corrected chi connectivity index (χ2v) is 6.67. The van der Waals surface area contributed by atoms with Gasteiger partial charge in [0, 0.05) is 39.8 Å². The van der Waals surface area contributed by atoms with Crippen LogP contribution < -0.4 is 10.0 Å². The highest BCUT2D eigenvalue weighted by atomic mass is 35.5. The summed E-state index contributed by atoms with van der Waals surface area (Å²) in [6, 6.07) is 14.8. The summed E-state index contributed by atoms with van der Waals surface area (Å²) in [5.41, 5.74) is 2.59. The second-order valence-electron chi connectivity index (χ2n) is 6.23. The first-order valence-corrected chi connectivity index (χ1v) is 8.59. The number of aromatic nitrogens is 1. The van der Waals surface area contributed by atoms with E-state index >= 15 is 0 Å². The lowest BCUT2D eigenvalue weighted by Crippen LogP contribution is -3.05. The van der Waals surface area contributed by atoms with E-state index in [9.17, 15) is 0 Å². The smallest absolute Gasteiger partial charge is 0.351 e. The third-order valence-electron chi connectivity index (χ3n) is 3.97. The van der Waals surface area contributed by atoms with Crippen molar-refractivity contribution in [2.75, 3.05) is 20.6 Å². The molecule has 0 atom stereocenters. The van der Waals surface area contributed by atoms with Gasteiger partial charge in [-0.25, -0.2) is 4.79 Å². The van der Waals surface area contributed by atoms with Crippen LogP contribution in [-0.4, -0.2) is 42.3 Å². The Morgan fingerprint density at radius 2 is 1.73 bits per heavy atom. The van der Waals surface area contributed by atoms with Gasteiger partial charge >= 0.3 is 5.97 Å². The highest BCUT2D eigenvalue weighted by Gasteiger charge is 2.10. The normalized spacial score (nSPS) is 10.8. The highest BCUT2D eigenvalue weighted by Crippen LogP contribution is 2.30. The molecule has 0 aliphatic rings. The van der Waals surface area contributed by atoms with Gasteiger partial charge in [0.1, 0.15) is 0 Å². The van der Waals surface area contributed by atoms with Gasteiger partial charge in [-0.15, -0.1) is 0 Å². The van der Waals surface area contributed by atoms with E-state index in [0.717, 1.165) is 11.6 Å². The average molecular weight is 377 g/mol. The molecule has 3 rings (SSSR count). The van der Waals surface area contributed by atoms with Crippen LogP contribution in [0.2, 0.25) is 5.02 Å². The van der Waals surface area contributed by atoms with E-state index in [1.54, 1.807) is 0 Å². The Bertz CT molecular complexity index is 922. The molecule has 3 aromatic rings. The number of halogens is 1. The molecule has 2 aromatic carbocycles. The maximum atomic E-state index is 9.04. The first kappa shape index (κ1) is 19.8. The Morgan fingerprint density at radius 3 is 2.35 bits per heavy atom. The Balaban J connectivity index is 0.000000352. The van der Waals surface area contributed by atoms with Crippen molar-refractivity contribution >= 4 is 45.3 Å². The van der Waals surface area contributed by atoms with E-state index in [0.29, 0.717) is 0 Å². The van der Waals surface area contributed by atoms with E-state index in [1.807, 2.05) is 6.07 Å². The number of carboxylic acid groups (broad SMARTS) is 2. The molecule has 0 aliphatic heterocycles. The van der Waals surface area contributed by atoms with Gasteiger partial charge in [0.05, 0.1) is 20.6 Å². The van der Waals surface area contributed by atoms with Crippen molar-refractivity contribution in [2.24, 2.45) is 0 Å². The molecule has 138 valence electrons. The van der Waals surface area contributed by atoms with E-state index < -0.39 is 11.9 Å². The SMILES string of the molecule is C[NH+](C)CCCn1c2ccccc2c2cc(Cl)ccc21.O=C([O-])C(=O)O. The molecule has 0 saturated carbocycles. The molecule has 0 radical (unpaired) electrons. The summed E-state index contributed by atoms with van der Waals surface area (Å²) >= 11 is 6.16. The number of fused-ring (bicyclic) bond motifs is 3. The summed E-state index contributed by atoms with van der Waals surface area (Å²) in [6.07, 6.45) is 1.18. The number of hydrogen-bond acceptors (Lipinski definition) is 3. The molecule has 7 heteroatoms. The number of nitrogens with one attached hydrogen (secondary N) is 1. The second kappa shape index (κ2) is 8.69. The van der Waals surface area contributed by atoms with Crippen LogP contribution in [-0.2, 0) is 16.1 Å². The average Bonchev–Trinajstić information content (AvgIpc) is 2.89. The lowest BCUT2D eigenvalue weighted by molar-refractivity contribution is -0.858. The van der Waals surface area contributed by atoms with E-state index in [1.165, 1.54) is 39.7 Å². The van der Waals surface area contributed by atoms with E-state index in [4.69, 9.17) is 31.4 Å². The Morgan fingerprint density at radius 1 is 1.12 bits per heavy atom. The number of hydrogen-bond donors (Lipinski definition) is 2. The molecule has 0 aliphatic carbocycles. The number of carbonyl (C=O) groups is 2. The van der Waals surface area contributed by atoms with Crippen molar-refractivity contribution in [3.05, 3.63) is 47.5 Å². The van der Waals surface area contributed by atoms with Crippen LogP contribution in [0.25, 0.3) is 21.8 Å². The maximum absolute atomic E-state index is 9.04. The topological polar surface area (TPSA) is 86.8 Å². The molecule has 0 saturated heterocycles. The molecular formula is C19H21ClN2O4. The first-order valence-electron chi connectivity index (χ1n) is 8.21. The molecule has 2 N–H and O–H groups in total.